The standard InChI is InChI=1S/C22H14N6S/c1-2-7-15(8-3-1)18-13-19(24-23-18)21-27-28-20(25-26-22(28)29-21)17-11-10-14-6-4-5-9-16(14)12-17/h1-13H,(H,23,24). The van der Waals surface area contributed by atoms with Gasteiger partial charge in [-0.2, -0.15) is 14.7 Å². The van der Waals surface area contributed by atoms with Crippen LogP contribution in [0, 0.1) is 0 Å². The monoisotopic (exact) mass is 394 g/mol. The van der Waals surface area contributed by atoms with Gasteiger partial charge in [0.05, 0.1) is 11.4 Å². The topological polar surface area (TPSA) is 71.8 Å². The van der Waals surface area contributed by atoms with Crippen LogP contribution < -0.4 is 0 Å². The van der Waals surface area contributed by atoms with Crippen molar-refractivity contribution in [3.8, 4) is 33.3 Å². The summed E-state index contributed by atoms with van der Waals surface area (Å²) < 4.78 is 1.80. The van der Waals surface area contributed by atoms with Crippen molar-refractivity contribution in [1.29, 1.82) is 0 Å². The summed E-state index contributed by atoms with van der Waals surface area (Å²) in [6.45, 7) is 0. The molecule has 0 atom stereocenters. The molecule has 1 N–H and O–H groups in total. The second kappa shape index (κ2) is 6.35. The van der Waals surface area contributed by atoms with Crippen LogP contribution in [0.1, 0.15) is 0 Å². The van der Waals surface area contributed by atoms with Crippen molar-refractivity contribution in [2.75, 3.05) is 0 Å². The van der Waals surface area contributed by atoms with Gasteiger partial charge in [0.1, 0.15) is 0 Å². The Hall–Kier alpha value is -3.84. The number of H-pyrrole nitrogens is 1. The smallest absolute Gasteiger partial charge is 0.235 e. The van der Waals surface area contributed by atoms with E-state index in [1.807, 2.05) is 48.5 Å². The first-order chi connectivity index (χ1) is 14.3. The first-order valence-corrected chi connectivity index (χ1v) is 9.99. The molecular formula is C22H14N6S. The molecule has 3 aromatic carbocycles. The minimum Gasteiger partial charge on any atom is -0.275 e. The number of benzene rings is 3. The van der Waals surface area contributed by atoms with Gasteiger partial charge in [-0.25, -0.2) is 0 Å². The highest BCUT2D eigenvalue weighted by Gasteiger charge is 2.16. The zero-order valence-electron chi connectivity index (χ0n) is 15.1. The van der Waals surface area contributed by atoms with Gasteiger partial charge in [-0.3, -0.25) is 5.10 Å². The van der Waals surface area contributed by atoms with E-state index in [1.54, 1.807) is 4.52 Å². The Morgan fingerprint density at radius 1 is 0.759 bits per heavy atom. The zero-order valence-corrected chi connectivity index (χ0v) is 16.0. The van der Waals surface area contributed by atoms with Gasteiger partial charge in [0.25, 0.3) is 0 Å². The largest absolute Gasteiger partial charge is 0.275 e. The number of nitrogens with zero attached hydrogens (tertiary/aromatic N) is 5. The van der Waals surface area contributed by atoms with E-state index in [-0.39, 0.29) is 0 Å². The third-order valence-electron chi connectivity index (χ3n) is 4.88. The van der Waals surface area contributed by atoms with Crippen LogP contribution in [0.3, 0.4) is 0 Å². The lowest BCUT2D eigenvalue weighted by Gasteiger charge is -2.01. The average Bonchev–Trinajstić information content (AvgIpc) is 3.49. The normalized spacial score (nSPS) is 11.4. The molecule has 0 aliphatic rings. The number of aromatic amines is 1. The molecule has 0 bridgehead atoms. The number of hydrogen-bond donors (Lipinski definition) is 1. The van der Waals surface area contributed by atoms with Crippen molar-refractivity contribution < 1.29 is 0 Å². The fraction of sp³-hybridized carbons (Fsp3) is 0. The van der Waals surface area contributed by atoms with Gasteiger partial charge < -0.3 is 0 Å². The Balaban J connectivity index is 1.42. The Bertz CT molecular complexity index is 1460. The summed E-state index contributed by atoms with van der Waals surface area (Å²) in [6, 6.07) is 26.6. The van der Waals surface area contributed by atoms with E-state index in [4.69, 9.17) is 5.10 Å². The van der Waals surface area contributed by atoms with Crippen molar-refractivity contribution in [3.05, 3.63) is 78.9 Å². The Morgan fingerprint density at radius 3 is 2.48 bits per heavy atom. The maximum atomic E-state index is 4.75. The van der Waals surface area contributed by atoms with E-state index in [9.17, 15) is 0 Å². The predicted octanol–water partition coefficient (Wildman–Crippen LogP) is 5.06. The van der Waals surface area contributed by atoms with Crippen LogP contribution in [0.4, 0.5) is 0 Å². The second-order valence-electron chi connectivity index (χ2n) is 6.72. The van der Waals surface area contributed by atoms with Crippen LogP contribution in [0.2, 0.25) is 0 Å². The van der Waals surface area contributed by atoms with E-state index in [1.165, 1.54) is 22.1 Å². The molecule has 29 heavy (non-hydrogen) atoms. The molecule has 0 saturated heterocycles. The van der Waals surface area contributed by atoms with Crippen LogP contribution in [-0.4, -0.2) is 30.0 Å². The van der Waals surface area contributed by atoms with Crippen LogP contribution in [0.5, 0.6) is 0 Å². The van der Waals surface area contributed by atoms with Gasteiger partial charge in [0.15, 0.2) is 10.8 Å². The van der Waals surface area contributed by atoms with E-state index in [0.29, 0.717) is 0 Å². The SMILES string of the molecule is c1ccc(-c2cc(-c3nn4c(-c5ccc6ccccc6c5)nnc4s3)[nH]n2)cc1. The molecule has 3 aromatic heterocycles. The zero-order chi connectivity index (χ0) is 19.2. The summed E-state index contributed by atoms with van der Waals surface area (Å²) in [5, 5.41) is 24.1. The summed E-state index contributed by atoms with van der Waals surface area (Å²) in [4.78, 5) is 0.749. The quantitative estimate of drug-likeness (QED) is 0.455. The molecular weight excluding hydrogens is 380 g/mol. The summed E-state index contributed by atoms with van der Waals surface area (Å²) in [5.41, 5.74) is 3.81. The van der Waals surface area contributed by atoms with Gasteiger partial charge in [0, 0.05) is 11.1 Å². The van der Waals surface area contributed by atoms with E-state index in [0.717, 1.165) is 38.3 Å². The maximum absolute atomic E-state index is 4.75. The molecule has 0 amide bonds. The molecule has 6 rings (SSSR count). The lowest BCUT2D eigenvalue weighted by molar-refractivity contribution is 0.964. The minimum atomic E-state index is 0.732. The number of fused-ring (bicyclic) bond motifs is 2. The summed E-state index contributed by atoms with van der Waals surface area (Å²) in [7, 11) is 0. The molecule has 0 aliphatic carbocycles. The van der Waals surface area contributed by atoms with Gasteiger partial charge in [-0.1, -0.05) is 78.1 Å². The van der Waals surface area contributed by atoms with Gasteiger partial charge >= 0.3 is 0 Å². The van der Waals surface area contributed by atoms with Crippen LogP contribution in [0.15, 0.2) is 78.9 Å². The van der Waals surface area contributed by atoms with Crippen molar-refractivity contribution in [2.24, 2.45) is 0 Å². The molecule has 6 nitrogen and oxygen atoms in total. The molecule has 3 heterocycles. The van der Waals surface area contributed by atoms with Crippen molar-refractivity contribution in [3.63, 3.8) is 0 Å². The van der Waals surface area contributed by atoms with Gasteiger partial charge in [-0.05, 0) is 22.9 Å². The molecule has 0 saturated carbocycles. The lowest BCUT2D eigenvalue weighted by atomic mass is 10.1. The minimum absolute atomic E-state index is 0.732. The van der Waals surface area contributed by atoms with Gasteiger partial charge in [0.2, 0.25) is 4.96 Å². The summed E-state index contributed by atoms with van der Waals surface area (Å²) >= 11 is 1.49. The Kier molecular flexibility index (Phi) is 3.54. The summed E-state index contributed by atoms with van der Waals surface area (Å²) in [5.74, 6) is 0.732. The molecule has 0 radical (unpaired) electrons. The van der Waals surface area contributed by atoms with E-state index < -0.39 is 0 Å². The van der Waals surface area contributed by atoms with Crippen LogP contribution in [-0.2, 0) is 0 Å². The first kappa shape index (κ1) is 16.1. The third kappa shape index (κ3) is 2.71. The third-order valence-corrected chi connectivity index (χ3v) is 5.81. The molecule has 138 valence electrons. The first-order valence-electron chi connectivity index (χ1n) is 9.18. The van der Waals surface area contributed by atoms with Crippen LogP contribution >= 0.6 is 11.3 Å². The molecule has 0 aliphatic heterocycles. The summed E-state index contributed by atoms with van der Waals surface area (Å²) in [6.07, 6.45) is 0. The van der Waals surface area contributed by atoms with E-state index >= 15 is 0 Å². The fourth-order valence-electron chi connectivity index (χ4n) is 3.42. The average molecular weight is 394 g/mol. The van der Waals surface area contributed by atoms with Crippen molar-refractivity contribution >= 4 is 27.1 Å². The molecule has 0 fully saturated rings. The number of aromatic nitrogens is 6. The number of hydrogen-bond acceptors (Lipinski definition) is 5. The van der Waals surface area contributed by atoms with Crippen molar-refractivity contribution in [1.82, 2.24) is 30.0 Å². The highest BCUT2D eigenvalue weighted by atomic mass is 32.1. The predicted molar refractivity (Wildman–Crippen MR) is 115 cm³/mol. The fourth-order valence-corrected chi connectivity index (χ4v) is 4.23. The Morgan fingerprint density at radius 2 is 1.59 bits per heavy atom. The highest BCUT2D eigenvalue weighted by Crippen LogP contribution is 2.30. The van der Waals surface area contributed by atoms with Crippen molar-refractivity contribution in [2.45, 2.75) is 0 Å². The molecule has 7 heteroatoms. The van der Waals surface area contributed by atoms with Crippen LogP contribution in [0.25, 0.3) is 49.1 Å². The van der Waals surface area contributed by atoms with E-state index in [2.05, 4.69) is 50.7 Å². The molecule has 0 spiro atoms. The number of nitrogens with one attached hydrogen (secondary N) is 1. The maximum Gasteiger partial charge on any atom is 0.235 e. The highest BCUT2D eigenvalue weighted by molar-refractivity contribution is 7.19. The Labute approximate surface area is 169 Å². The second-order valence-corrected chi connectivity index (χ2v) is 7.68. The number of rotatable bonds is 3. The lowest BCUT2D eigenvalue weighted by Crippen LogP contribution is -1.91. The molecule has 6 aromatic rings. The molecule has 0 unspecified atom stereocenters. The van der Waals surface area contributed by atoms with Gasteiger partial charge in [-0.15, -0.1) is 10.2 Å².